The molecule has 0 aliphatic rings. The quantitative estimate of drug-likeness (QED) is 0.604. The van der Waals surface area contributed by atoms with Crippen molar-refractivity contribution in [2.24, 2.45) is 0 Å². The van der Waals surface area contributed by atoms with Crippen molar-refractivity contribution in [3.63, 3.8) is 0 Å². The highest BCUT2D eigenvalue weighted by molar-refractivity contribution is 7.99. The van der Waals surface area contributed by atoms with Crippen molar-refractivity contribution in [3.8, 4) is 0 Å². The largest absolute Gasteiger partial charge is 0.480 e. The van der Waals surface area contributed by atoms with E-state index in [1.54, 1.807) is 0 Å². The van der Waals surface area contributed by atoms with Gasteiger partial charge < -0.3 is 10.4 Å². The van der Waals surface area contributed by atoms with E-state index in [1.807, 2.05) is 33.8 Å². The van der Waals surface area contributed by atoms with Crippen molar-refractivity contribution >= 4 is 17.7 Å². The summed E-state index contributed by atoms with van der Waals surface area (Å²) in [4.78, 5) is 19.6. The van der Waals surface area contributed by atoms with Crippen molar-refractivity contribution < 1.29 is 9.90 Å². The number of carboxylic acids is 1. The third-order valence-electron chi connectivity index (χ3n) is 2.17. The number of carbonyl (C=O) groups is 1. The van der Waals surface area contributed by atoms with E-state index in [-0.39, 0.29) is 6.04 Å². The van der Waals surface area contributed by atoms with Gasteiger partial charge in [-0.15, -0.1) is 0 Å². The first-order valence-corrected chi connectivity index (χ1v) is 6.81. The van der Waals surface area contributed by atoms with Gasteiger partial charge in [-0.05, 0) is 19.9 Å². The second-order valence-corrected chi connectivity index (χ2v) is 5.44. The number of rotatable bonds is 6. The van der Waals surface area contributed by atoms with Crippen LogP contribution < -0.4 is 5.32 Å². The van der Waals surface area contributed by atoms with E-state index in [1.165, 1.54) is 11.8 Å². The Morgan fingerprint density at radius 3 is 2.39 bits per heavy atom. The average molecular weight is 269 g/mol. The van der Waals surface area contributed by atoms with E-state index in [0.717, 1.165) is 11.4 Å². The summed E-state index contributed by atoms with van der Waals surface area (Å²) in [7, 11) is 0. The Labute approximate surface area is 111 Å². The predicted octanol–water partition coefficient (Wildman–Crippen LogP) is 1.64. The molecule has 5 nitrogen and oxygen atoms in total. The monoisotopic (exact) mass is 269 g/mol. The number of nitrogens with one attached hydrogen (secondary N) is 1. The molecule has 0 aromatic carbocycles. The topological polar surface area (TPSA) is 75.1 Å². The molecule has 1 unspecified atom stereocenters. The summed E-state index contributed by atoms with van der Waals surface area (Å²) < 4.78 is 0. The molecule has 0 spiro atoms. The van der Waals surface area contributed by atoms with Gasteiger partial charge in [0.15, 0.2) is 5.16 Å². The van der Waals surface area contributed by atoms with Crippen LogP contribution in [0.4, 0.5) is 0 Å². The van der Waals surface area contributed by atoms with Gasteiger partial charge in [0.1, 0.15) is 6.04 Å². The van der Waals surface area contributed by atoms with Gasteiger partial charge in [0, 0.05) is 23.2 Å². The molecule has 1 atom stereocenters. The molecule has 1 aromatic heterocycles. The summed E-state index contributed by atoms with van der Waals surface area (Å²) in [6, 6.07) is 1.44. The molecular weight excluding hydrogens is 250 g/mol. The SMILES string of the molecule is Cc1cc(C)nc(SCC(NC(C)C)C(=O)O)n1. The van der Waals surface area contributed by atoms with E-state index >= 15 is 0 Å². The summed E-state index contributed by atoms with van der Waals surface area (Å²) >= 11 is 1.36. The van der Waals surface area contributed by atoms with Crippen molar-refractivity contribution in [2.45, 2.75) is 44.9 Å². The van der Waals surface area contributed by atoms with Crippen LogP contribution in [0.15, 0.2) is 11.2 Å². The van der Waals surface area contributed by atoms with Gasteiger partial charge in [-0.25, -0.2) is 9.97 Å². The average Bonchev–Trinajstić information content (AvgIpc) is 2.21. The maximum absolute atomic E-state index is 11.1. The van der Waals surface area contributed by atoms with Gasteiger partial charge in [0.25, 0.3) is 0 Å². The van der Waals surface area contributed by atoms with Crippen molar-refractivity contribution in [1.29, 1.82) is 0 Å². The molecule has 0 radical (unpaired) electrons. The highest BCUT2D eigenvalue weighted by Gasteiger charge is 2.18. The van der Waals surface area contributed by atoms with Gasteiger partial charge in [0.05, 0.1) is 0 Å². The zero-order valence-corrected chi connectivity index (χ0v) is 11.9. The van der Waals surface area contributed by atoms with Crippen LogP contribution in [-0.2, 0) is 4.79 Å². The molecule has 0 amide bonds. The Balaban J connectivity index is 2.63. The van der Waals surface area contributed by atoms with Crippen LogP contribution in [0.1, 0.15) is 25.2 Å². The minimum atomic E-state index is -0.847. The molecule has 1 aromatic rings. The number of aliphatic carboxylic acids is 1. The van der Waals surface area contributed by atoms with E-state index < -0.39 is 12.0 Å². The summed E-state index contributed by atoms with van der Waals surface area (Å²) in [6.07, 6.45) is 0. The fraction of sp³-hybridized carbons (Fsp3) is 0.583. The van der Waals surface area contributed by atoms with Gasteiger partial charge in [-0.1, -0.05) is 25.6 Å². The molecule has 18 heavy (non-hydrogen) atoms. The van der Waals surface area contributed by atoms with Crippen molar-refractivity contribution in [3.05, 3.63) is 17.5 Å². The number of hydrogen-bond donors (Lipinski definition) is 2. The van der Waals surface area contributed by atoms with Crippen molar-refractivity contribution in [1.82, 2.24) is 15.3 Å². The lowest BCUT2D eigenvalue weighted by molar-refractivity contribution is -0.139. The molecule has 2 N–H and O–H groups in total. The molecule has 0 saturated heterocycles. The summed E-state index contributed by atoms with van der Waals surface area (Å²) in [5.74, 6) is -0.434. The van der Waals surface area contributed by atoms with E-state index in [0.29, 0.717) is 10.9 Å². The molecule has 1 rings (SSSR count). The third kappa shape index (κ3) is 5.01. The Kier molecular flexibility index (Phi) is 5.55. The lowest BCUT2D eigenvalue weighted by Crippen LogP contribution is -2.42. The smallest absolute Gasteiger partial charge is 0.321 e. The Morgan fingerprint density at radius 1 is 1.39 bits per heavy atom. The second kappa shape index (κ2) is 6.70. The molecule has 0 fully saturated rings. The minimum Gasteiger partial charge on any atom is -0.480 e. The van der Waals surface area contributed by atoms with Gasteiger partial charge in [-0.3, -0.25) is 4.79 Å². The number of aryl methyl sites for hydroxylation is 2. The first-order chi connectivity index (χ1) is 8.38. The third-order valence-corrected chi connectivity index (χ3v) is 3.11. The Morgan fingerprint density at radius 2 is 1.94 bits per heavy atom. The molecular formula is C12H19N3O2S. The zero-order valence-electron chi connectivity index (χ0n) is 11.1. The summed E-state index contributed by atoms with van der Waals surface area (Å²) in [5, 5.41) is 12.7. The highest BCUT2D eigenvalue weighted by Crippen LogP contribution is 2.15. The van der Waals surface area contributed by atoms with Crippen LogP contribution in [-0.4, -0.2) is 38.9 Å². The summed E-state index contributed by atoms with van der Waals surface area (Å²) in [6.45, 7) is 7.65. The molecule has 0 bridgehead atoms. The van der Waals surface area contributed by atoms with Gasteiger partial charge in [-0.2, -0.15) is 0 Å². The molecule has 6 heteroatoms. The summed E-state index contributed by atoms with van der Waals surface area (Å²) in [5.41, 5.74) is 1.79. The number of hydrogen-bond acceptors (Lipinski definition) is 5. The van der Waals surface area contributed by atoms with Crippen molar-refractivity contribution in [2.75, 3.05) is 5.75 Å². The van der Waals surface area contributed by atoms with Gasteiger partial charge in [0.2, 0.25) is 0 Å². The molecule has 0 aliphatic heterocycles. The standard InChI is InChI=1S/C12H19N3O2S/c1-7(2)13-10(11(16)17)6-18-12-14-8(3)5-9(4)15-12/h5,7,10,13H,6H2,1-4H3,(H,16,17). The number of carboxylic acid groups (broad SMARTS) is 1. The van der Waals surface area contributed by atoms with E-state index in [9.17, 15) is 4.79 Å². The number of thioether (sulfide) groups is 1. The molecule has 0 aliphatic carbocycles. The predicted molar refractivity (Wildman–Crippen MR) is 71.9 cm³/mol. The molecule has 1 heterocycles. The fourth-order valence-electron chi connectivity index (χ4n) is 1.51. The Hall–Kier alpha value is -1.14. The maximum Gasteiger partial charge on any atom is 0.321 e. The second-order valence-electron chi connectivity index (χ2n) is 4.46. The molecule has 0 saturated carbocycles. The lowest BCUT2D eigenvalue weighted by Gasteiger charge is -2.16. The zero-order chi connectivity index (χ0) is 13.7. The van der Waals surface area contributed by atoms with Crippen LogP contribution in [0.3, 0.4) is 0 Å². The fourth-order valence-corrected chi connectivity index (χ4v) is 2.48. The van der Waals surface area contributed by atoms with Gasteiger partial charge >= 0.3 is 5.97 Å². The first-order valence-electron chi connectivity index (χ1n) is 5.82. The Bertz CT molecular complexity index is 404. The van der Waals surface area contributed by atoms with Crippen LogP contribution in [0.5, 0.6) is 0 Å². The highest BCUT2D eigenvalue weighted by atomic mass is 32.2. The molecule has 100 valence electrons. The van der Waals surface area contributed by atoms with E-state index in [2.05, 4.69) is 15.3 Å². The lowest BCUT2D eigenvalue weighted by atomic mass is 10.3. The maximum atomic E-state index is 11.1. The van der Waals surface area contributed by atoms with Crippen LogP contribution in [0.2, 0.25) is 0 Å². The van der Waals surface area contributed by atoms with Crippen LogP contribution >= 0.6 is 11.8 Å². The first kappa shape index (κ1) is 14.9. The van der Waals surface area contributed by atoms with Crippen LogP contribution in [0, 0.1) is 13.8 Å². The minimum absolute atomic E-state index is 0.131. The van der Waals surface area contributed by atoms with E-state index in [4.69, 9.17) is 5.11 Å². The number of aromatic nitrogens is 2. The number of nitrogens with zero attached hydrogens (tertiary/aromatic N) is 2. The van der Waals surface area contributed by atoms with Crippen LogP contribution in [0.25, 0.3) is 0 Å². The normalized spacial score (nSPS) is 12.7.